The smallest absolute Gasteiger partial charge is 0.337 e. The van der Waals surface area contributed by atoms with E-state index in [1.165, 1.54) is 23.9 Å². The molecule has 1 saturated heterocycles. The van der Waals surface area contributed by atoms with Gasteiger partial charge in [-0.2, -0.15) is 4.98 Å². The quantitative estimate of drug-likeness (QED) is 0.508. The summed E-state index contributed by atoms with van der Waals surface area (Å²) in [6.07, 6.45) is 1.91. The van der Waals surface area contributed by atoms with Crippen LogP contribution in [-0.4, -0.2) is 51.1 Å². The maximum absolute atomic E-state index is 12.6. The minimum Gasteiger partial charge on any atom is -0.478 e. The van der Waals surface area contributed by atoms with Crippen LogP contribution in [0, 0.1) is 6.92 Å². The van der Waals surface area contributed by atoms with E-state index in [0.717, 1.165) is 29.2 Å². The van der Waals surface area contributed by atoms with Gasteiger partial charge in [-0.3, -0.25) is 9.78 Å². The molecule has 0 aliphatic carbocycles. The molecular formula is C24H24N6O4. The Morgan fingerprint density at radius 3 is 2.68 bits per heavy atom. The lowest BCUT2D eigenvalue weighted by Gasteiger charge is -2.19. The molecule has 1 amide bonds. The van der Waals surface area contributed by atoms with Gasteiger partial charge < -0.3 is 25.4 Å². The fourth-order valence-corrected chi connectivity index (χ4v) is 4.03. The van der Waals surface area contributed by atoms with Gasteiger partial charge in [-0.05, 0) is 37.6 Å². The summed E-state index contributed by atoms with van der Waals surface area (Å²) in [5.41, 5.74) is 4.17. The van der Waals surface area contributed by atoms with Gasteiger partial charge in [-0.15, -0.1) is 0 Å². The van der Waals surface area contributed by atoms with Crippen molar-refractivity contribution in [1.29, 1.82) is 0 Å². The van der Waals surface area contributed by atoms with Crippen LogP contribution in [0.25, 0.3) is 0 Å². The number of anilines is 3. The summed E-state index contributed by atoms with van der Waals surface area (Å²) in [7, 11) is 0. The number of rotatable bonds is 6. The number of aromatic nitrogens is 3. The normalized spacial score (nSPS) is 16.9. The highest BCUT2D eigenvalue weighted by molar-refractivity contribution is 5.94. The van der Waals surface area contributed by atoms with Crippen molar-refractivity contribution < 1.29 is 19.4 Å². The number of aromatic carboxylic acids is 1. The third-order valence-electron chi connectivity index (χ3n) is 5.93. The van der Waals surface area contributed by atoms with E-state index >= 15 is 0 Å². The van der Waals surface area contributed by atoms with Crippen molar-refractivity contribution in [3.8, 4) is 0 Å². The van der Waals surface area contributed by atoms with E-state index in [9.17, 15) is 9.59 Å². The number of ether oxygens (including phenoxy) is 1. The Hall–Kier alpha value is -4.05. The number of hydrogen-bond donors (Lipinski definition) is 3. The number of benzene rings is 1. The molecular weight excluding hydrogens is 436 g/mol. The van der Waals surface area contributed by atoms with Crippen LogP contribution in [0.2, 0.25) is 0 Å². The summed E-state index contributed by atoms with van der Waals surface area (Å²) >= 11 is 0. The zero-order valence-electron chi connectivity index (χ0n) is 18.6. The Kier molecular flexibility index (Phi) is 5.81. The second-order valence-corrected chi connectivity index (χ2v) is 8.42. The molecule has 174 valence electrons. The molecule has 1 atom stereocenters. The minimum absolute atomic E-state index is 0.0383. The number of carboxylic acid groups (broad SMARTS) is 1. The number of amides is 1. The van der Waals surface area contributed by atoms with Crippen LogP contribution in [0.15, 0.2) is 42.6 Å². The lowest BCUT2D eigenvalue weighted by molar-refractivity contribution is 0.0695. The van der Waals surface area contributed by atoms with E-state index in [0.29, 0.717) is 32.3 Å². The average Bonchev–Trinajstić information content (AvgIpc) is 3.50. The standard InChI is InChI=1S/C24H24N6O4/c1-14-2-5-16(6-3-14)26-21-18-12-34-13-20(18)28-24(29-21)30-9-8-17(11-30)27-22(31)19-7-4-15(10-25-19)23(32)33/h2-7,10,17H,8-9,11-13H2,1H3,(H,27,31)(H,32,33)(H,26,28,29). The van der Waals surface area contributed by atoms with Gasteiger partial charge in [0.25, 0.3) is 5.91 Å². The van der Waals surface area contributed by atoms with Crippen LogP contribution >= 0.6 is 0 Å². The molecule has 1 fully saturated rings. The lowest BCUT2D eigenvalue weighted by Crippen LogP contribution is -2.37. The summed E-state index contributed by atoms with van der Waals surface area (Å²) in [6.45, 7) is 4.21. The Labute approximate surface area is 196 Å². The third-order valence-corrected chi connectivity index (χ3v) is 5.93. The van der Waals surface area contributed by atoms with Gasteiger partial charge in [0, 0.05) is 36.6 Å². The number of hydrogen-bond acceptors (Lipinski definition) is 8. The summed E-state index contributed by atoms with van der Waals surface area (Å²) in [5.74, 6) is -0.0910. The molecule has 0 saturated carbocycles. The van der Waals surface area contributed by atoms with Gasteiger partial charge in [0.15, 0.2) is 0 Å². The molecule has 0 radical (unpaired) electrons. The zero-order valence-corrected chi connectivity index (χ0v) is 18.6. The first-order valence-corrected chi connectivity index (χ1v) is 11.0. The number of nitrogens with zero attached hydrogens (tertiary/aromatic N) is 4. The van der Waals surface area contributed by atoms with E-state index in [1.54, 1.807) is 0 Å². The van der Waals surface area contributed by atoms with Crippen molar-refractivity contribution in [1.82, 2.24) is 20.3 Å². The number of aryl methyl sites for hydroxylation is 1. The first kappa shape index (κ1) is 21.8. The van der Waals surface area contributed by atoms with Crippen LogP contribution in [0.5, 0.6) is 0 Å². The van der Waals surface area contributed by atoms with Crippen molar-refractivity contribution in [2.45, 2.75) is 32.6 Å². The predicted molar refractivity (Wildman–Crippen MR) is 124 cm³/mol. The van der Waals surface area contributed by atoms with Crippen LogP contribution in [-0.2, 0) is 18.0 Å². The summed E-state index contributed by atoms with van der Waals surface area (Å²) in [4.78, 5) is 39.0. The van der Waals surface area contributed by atoms with Crippen molar-refractivity contribution in [2.24, 2.45) is 0 Å². The Morgan fingerprint density at radius 2 is 1.94 bits per heavy atom. The van der Waals surface area contributed by atoms with Crippen LogP contribution in [0.4, 0.5) is 17.5 Å². The molecule has 10 heteroatoms. The molecule has 34 heavy (non-hydrogen) atoms. The third kappa shape index (κ3) is 4.53. The molecule has 4 heterocycles. The first-order valence-electron chi connectivity index (χ1n) is 11.0. The van der Waals surface area contributed by atoms with Gasteiger partial charge in [-0.1, -0.05) is 17.7 Å². The van der Waals surface area contributed by atoms with E-state index < -0.39 is 5.97 Å². The number of nitrogens with one attached hydrogen (secondary N) is 2. The van der Waals surface area contributed by atoms with Gasteiger partial charge >= 0.3 is 5.97 Å². The van der Waals surface area contributed by atoms with Crippen molar-refractivity contribution in [3.05, 3.63) is 70.7 Å². The number of carbonyl (C=O) groups excluding carboxylic acids is 1. The Bertz CT molecular complexity index is 1230. The topological polar surface area (TPSA) is 130 Å². The number of carbonyl (C=O) groups is 2. The Morgan fingerprint density at radius 1 is 1.12 bits per heavy atom. The van der Waals surface area contributed by atoms with Gasteiger partial charge in [0.05, 0.1) is 24.5 Å². The van der Waals surface area contributed by atoms with Crippen molar-refractivity contribution in [2.75, 3.05) is 23.3 Å². The maximum atomic E-state index is 12.6. The average molecular weight is 460 g/mol. The first-order chi connectivity index (χ1) is 16.5. The van der Waals surface area contributed by atoms with Gasteiger partial charge in [-0.25, -0.2) is 9.78 Å². The van der Waals surface area contributed by atoms with Crippen molar-refractivity contribution in [3.63, 3.8) is 0 Å². The fraction of sp³-hybridized carbons (Fsp3) is 0.292. The minimum atomic E-state index is -1.08. The zero-order chi connectivity index (χ0) is 23.7. The molecule has 1 unspecified atom stereocenters. The highest BCUT2D eigenvalue weighted by Gasteiger charge is 2.29. The van der Waals surface area contributed by atoms with Gasteiger partial charge in [0.1, 0.15) is 11.5 Å². The molecule has 10 nitrogen and oxygen atoms in total. The van der Waals surface area contributed by atoms with Crippen LogP contribution in [0.1, 0.15) is 44.1 Å². The second kappa shape index (κ2) is 9.06. The molecule has 5 rings (SSSR count). The molecule has 2 aliphatic rings. The largest absolute Gasteiger partial charge is 0.478 e. The number of pyridine rings is 1. The van der Waals surface area contributed by atoms with Crippen LogP contribution in [0.3, 0.4) is 0 Å². The Balaban J connectivity index is 1.28. The number of fused-ring (bicyclic) bond motifs is 1. The monoisotopic (exact) mass is 460 g/mol. The van der Waals surface area contributed by atoms with E-state index in [2.05, 4.69) is 15.6 Å². The van der Waals surface area contributed by atoms with E-state index in [-0.39, 0.29) is 23.2 Å². The molecule has 0 bridgehead atoms. The fourth-order valence-electron chi connectivity index (χ4n) is 4.03. The highest BCUT2D eigenvalue weighted by Crippen LogP contribution is 2.30. The summed E-state index contributed by atoms with van der Waals surface area (Å²) in [5, 5.41) is 15.3. The molecule has 0 spiro atoms. The summed E-state index contributed by atoms with van der Waals surface area (Å²) < 4.78 is 5.61. The molecule has 3 aromatic rings. The lowest BCUT2D eigenvalue weighted by atomic mass is 10.2. The van der Waals surface area contributed by atoms with Crippen molar-refractivity contribution >= 4 is 29.3 Å². The maximum Gasteiger partial charge on any atom is 0.337 e. The SMILES string of the molecule is Cc1ccc(Nc2nc(N3CCC(NC(=O)c4ccc(C(=O)O)cn4)C3)nc3c2COC3)cc1. The van der Waals surface area contributed by atoms with E-state index in [4.69, 9.17) is 19.8 Å². The van der Waals surface area contributed by atoms with Gasteiger partial charge in [0.2, 0.25) is 5.95 Å². The molecule has 1 aromatic carbocycles. The molecule has 3 N–H and O–H groups in total. The second-order valence-electron chi connectivity index (χ2n) is 8.42. The highest BCUT2D eigenvalue weighted by atomic mass is 16.5. The van der Waals surface area contributed by atoms with E-state index in [1.807, 2.05) is 36.1 Å². The molecule has 2 aromatic heterocycles. The predicted octanol–water partition coefficient (Wildman–Crippen LogP) is 2.66. The summed E-state index contributed by atoms with van der Waals surface area (Å²) in [6, 6.07) is 10.8. The number of carboxylic acids is 1. The molecule has 2 aliphatic heterocycles. The van der Waals surface area contributed by atoms with Crippen LogP contribution < -0.4 is 15.5 Å².